The molecular weight excluding hydrogens is 144 g/mol. The summed E-state index contributed by atoms with van der Waals surface area (Å²) in [6.07, 6.45) is 0. The first-order valence-electron chi connectivity index (χ1n) is 0.908. The molecule has 4 heteroatoms. The minimum atomic E-state index is -1.08. The van der Waals surface area contributed by atoms with Gasteiger partial charge in [0.2, 0.25) is 0 Å². The normalized spacial score (nSPS) is 4.17. The standard InChI is InChI=1S/C2H4O2.Cu.Mg.2H/c1-2(3)4;;;;/h1H3,(H,3,4);;;;/q;+1;+2;2*-1/p-1. The molecule has 0 N–H and O–H groups in total. The third-order valence-electron chi connectivity index (χ3n) is 0. The van der Waals surface area contributed by atoms with E-state index in [2.05, 4.69) is 0 Å². The zero-order chi connectivity index (χ0) is 3.58. The predicted octanol–water partition coefficient (Wildman–Crippen LogP) is -1.40. The first-order chi connectivity index (χ1) is 1.73. The number of hydrogen-bond acceptors (Lipinski definition) is 2. The van der Waals surface area contributed by atoms with Crippen molar-refractivity contribution in [3.63, 3.8) is 0 Å². The topological polar surface area (TPSA) is 40.1 Å². The molecule has 0 saturated carbocycles. The van der Waals surface area contributed by atoms with Crippen LogP contribution in [0.2, 0.25) is 0 Å². The van der Waals surface area contributed by atoms with Crippen LogP contribution in [0.5, 0.6) is 0 Å². The summed E-state index contributed by atoms with van der Waals surface area (Å²) in [6.45, 7) is 0.972. The number of carboxylic acids is 1. The van der Waals surface area contributed by atoms with Crippen LogP contribution in [0.15, 0.2) is 0 Å². The predicted molar refractivity (Wildman–Crippen MR) is 18.7 cm³/mol. The maximum atomic E-state index is 8.89. The van der Waals surface area contributed by atoms with Gasteiger partial charge in [-0.25, -0.2) is 0 Å². The molecule has 0 aromatic rings. The van der Waals surface area contributed by atoms with E-state index in [-0.39, 0.29) is 43.0 Å². The van der Waals surface area contributed by atoms with E-state index in [0.29, 0.717) is 0 Å². The Morgan fingerprint density at radius 3 is 1.83 bits per heavy atom. The summed E-state index contributed by atoms with van der Waals surface area (Å²) in [5, 5.41) is 8.89. The second-order valence-electron chi connectivity index (χ2n) is 0.492. The van der Waals surface area contributed by atoms with Crippen molar-refractivity contribution in [1.29, 1.82) is 0 Å². The molecule has 0 aliphatic rings. The summed E-state index contributed by atoms with van der Waals surface area (Å²) in [7, 11) is 0. The van der Waals surface area contributed by atoms with Crippen LogP contribution in [0.3, 0.4) is 0 Å². The fraction of sp³-hybridized carbons (Fsp3) is 0.500. The monoisotopic (exact) mass is 148 g/mol. The molecule has 0 saturated heterocycles. The molecule has 0 fully saturated rings. The number of carboxylic acid groups (broad SMARTS) is 1. The van der Waals surface area contributed by atoms with Crippen molar-refractivity contribution in [3.8, 4) is 0 Å². The quantitative estimate of drug-likeness (QED) is 0.397. The zero-order valence-corrected chi connectivity index (χ0v) is 5.68. The van der Waals surface area contributed by atoms with Crippen LogP contribution in [0.1, 0.15) is 9.78 Å². The number of carbonyl (C=O) groups is 1. The van der Waals surface area contributed by atoms with E-state index in [9.17, 15) is 0 Å². The Labute approximate surface area is 65.9 Å². The summed E-state index contributed by atoms with van der Waals surface area (Å²) in [5.74, 6) is -1.08. The summed E-state index contributed by atoms with van der Waals surface area (Å²) in [4.78, 5) is 8.89. The van der Waals surface area contributed by atoms with Gasteiger partial charge in [0, 0.05) is 5.97 Å². The van der Waals surface area contributed by atoms with Crippen LogP contribution in [-0.4, -0.2) is 29.0 Å². The van der Waals surface area contributed by atoms with Crippen LogP contribution in [0, 0.1) is 0 Å². The molecule has 0 bridgehead atoms. The van der Waals surface area contributed by atoms with Crippen LogP contribution in [-0.2, 0) is 21.9 Å². The molecule has 6 heavy (non-hydrogen) atoms. The molecular formula is C2H5CuMgO2. The van der Waals surface area contributed by atoms with Crippen molar-refractivity contribution in [3.05, 3.63) is 0 Å². The second-order valence-corrected chi connectivity index (χ2v) is 0.492. The van der Waals surface area contributed by atoms with Gasteiger partial charge >= 0.3 is 40.1 Å². The Kier molecular flexibility index (Phi) is 24.4. The zero-order valence-electron chi connectivity index (χ0n) is 5.33. The molecule has 0 spiro atoms. The average molecular weight is 149 g/mol. The molecule has 0 radical (unpaired) electrons. The number of rotatable bonds is 0. The van der Waals surface area contributed by atoms with E-state index in [4.69, 9.17) is 9.90 Å². The maximum absolute atomic E-state index is 8.89. The summed E-state index contributed by atoms with van der Waals surface area (Å²) < 4.78 is 0. The number of carbonyl (C=O) groups excluding carboxylic acids is 1. The molecule has 0 atom stereocenters. The van der Waals surface area contributed by atoms with Gasteiger partial charge in [-0.05, 0) is 6.92 Å². The van der Waals surface area contributed by atoms with Gasteiger partial charge in [0.15, 0.2) is 0 Å². The van der Waals surface area contributed by atoms with Crippen molar-refractivity contribution in [2.45, 2.75) is 6.92 Å². The maximum Gasteiger partial charge on any atom is 2.00 e. The van der Waals surface area contributed by atoms with Crippen LogP contribution >= 0.6 is 0 Å². The fourth-order valence-electron chi connectivity index (χ4n) is 0. The third kappa shape index (κ3) is 117. The molecule has 2 nitrogen and oxygen atoms in total. The molecule has 0 aromatic heterocycles. The van der Waals surface area contributed by atoms with E-state index in [1.54, 1.807) is 0 Å². The second kappa shape index (κ2) is 9.23. The summed E-state index contributed by atoms with van der Waals surface area (Å²) >= 11 is 0. The van der Waals surface area contributed by atoms with Gasteiger partial charge in [0.25, 0.3) is 0 Å². The Bertz CT molecular complexity index is 41.0. The van der Waals surface area contributed by atoms with Gasteiger partial charge in [-0.2, -0.15) is 0 Å². The Morgan fingerprint density at radius 1 is 1.83 bits per heavy atom. The smallest absolute Gasteiger partial charge is 1.00 e. The van der Waals surface area contributed by atoms with E-state index < -0.39 is 5.97 Å². The van der Waals surface area contributed by atoms with Crippen LogP contribution in [0.4, 0.5) is 0 Å². The number of hydrogen-bond donors (Lipinski definition) is 0. The van der Waals surface area contributed by atoms with Crippen molar-refractivity contribution in [2.75, 3.05) is 0 Å². The van der Waals surface area contributed by atoms with Gasteiger partial charge in [-0.3, -0.25) is 0 Å². The molecule has 0 aliphatic carbocycles. The minimum Gasteiger partial charge on any atom is -1.00 e. The SMILES string of the molecule is CC(=O)[O-].[Cu+].[H-].[H-].[Mg+2]. The third-order valence-corrected chi connectivity index (χ3v) is 0. The van der Waals surface area contributed by atoms with E-state index in [1.165, 1.54) is 0 Å². The molecule has 0 amide bonds. The molecule has 0 aromatic carbocycles. The Hall–Kier alpha value is 0.756. The van der Waals surface area contributed by atoms with Gasteiger partial charge < -0.3 is 12.8 Å². The van der Waals surface area contributed by atoms with Gasteiger partial charge in [0.1, 0.15) is 0 Å². The van der Waals surface area contributed by atoms with Crippen molar-refractivity contribution >= 4 is 29.0 Å². The Balaban J connectivity index is -0.00000000750. The van der Waals surface area contributed by atoms with E-state index >= 15 is 0 Å². The molecule has 0 rings (SSSR count). The van der Waals surface area contributed by atoms with Crippen molar-refractivity contribution in [1.82, 2.24) is 0 Å². The molecule has 0 heterocycles. The summed E-state index contributed by atoms with van der Waals surface area (Å²) in [6, 6.07) is 0. The van der Waals surface area contributed by atoms with E-state index in [1.807, 2.05) is 0 Å². The first-order valence-corrected chi connectivity index (χ1v) is 0.908. The molecule has 38 valence electrons. The molecule has 0 unspecified atom stereocenters. The molecule has 0 aliphatic heterocycles. The van der Waals surface area contributed by atoms with Crippen LogP contribution < -0.4 is 5.11 Å². The number of aliphatic carboxylic acids is 1. The fourth-order valence-corrected chi connectivity index (χ4v) is 0. The van der Waals surface area contributed by atoms with Crippen molar-refractivity contribution in [2.24, 2.45) is 0 Å². The van der Waals surface area contributed by atoms with Gasteiger partial charge in [-0.1, -0.05) is 0 Å². The van der Waals surface area contributed by atoms with Gasteiger partial charge in [0.05, 0.1) is 0 Å². The first kappa shape index (κ1) is 15.9. The average Bonchev–Trinajstić information content (AvgIpc) is 0.811. The minimum absolute atomic E-state index is 0. The van der Waals surface area contributed by atoms with Crippen molar-refractivity contribution < 1.29 is 29.8 Å². The Morgan fingerprint density at radius 2 is 1.83 bits per heavy atom. The largest absolute Gasteiger partial charge is 2.00 e. The van der Waals surface area contributed by atoms with Gasteiger partial charge in [-0.15, -0.1) is 0 Å². The van der Waals surface area contributed by atoms with E-state index in [0.717, 1.165) is 6.92 Å². The summed E-state index contributed by atoms with van der Waals surface area (Å²) in [5.41, 5.74) is 0. The van der Waals surface area contributed by atoms with Crippen LogP contribution in [0.25, 0.3) is 0 Å².